The smallest absolute Gasteiger partial charge is 0.327 e. The van der Waals surface area contributed by atoms with Gasteiger partial charge in [0, 0.05) is 5.75 Å². The molecule has 0 radical (unpaired) electrons. The lowest BCUT2D eigenvalue weighted by Gasteiger charge is -2.07. The van der Waals surface area contributed by atoms with Crippen molar-refractivity contribution < 1.29 is 9.90 Å². The minimum absolute atomic E-state index is 0.149. The molecule has 12 heavy (non-hydrogen) atoms. The molecule has 1 aromatic heterocycles. The van der Waals surface area contributed by atoms with Crippen LogP contribution < -0.4 is 5.32 Å². The van der Waals surface area contributed by atoms with Crippen LogP contribution in [-0.2, 0) is 4.79 Å². The molecule has 0 amide bonds. The third-order valence-corrected chi connectivity index (χ3v) is 1.49. The number of hydrogen-bond acceptors (Lipinski definition) is 6. The first-order valence-electron chi connectivity index (χ1n) is 3.07. The van der Waals surface area contributed by atoms with E-state index in [9.17, 15) is 4.79 Å². The molecule has 0 unspecified atom stereocenters. The molecule has 0 bridgehead atoms. The van der Waals surface area contributed by atoms with Gasteiger partial charge in [0.2, 0.25) is 0 Å². The first kappa shape index (κ1) is 8.78. The highest BCUT2D eigenvalue weighted by atomic mass is 32.1. The third-order valence-electron chi connectivity index (χ3n) is 1.13. The number of nitrogens with zero attached hydrogens (tertiary/aromatic N) is 3. The SMILES string of the molecule is O=C(O)[C@H](CS)Nc1nn[nH]n1. The van der Waals surface area contributed by atoms with E-state index in [0.29, 0.717) is 0 Å². The van der Waals surface area contributed by atoms with Crippen molar-refractivity contribution in [3.8, 4) is 0 Å². The molecule has 0 aliphatic rings. The lowest BCUT2D eigenvalue weighted by Crippen LogP contribution is -2.31. The molecule has 0 fully saturated rings. The van der Waals surface area contributed by atoms with Crippen LogP contribution in [0.15, 0.2) is 0 Å². The predicted molar refractivity (Wildman–Crippen MR) is 43.1 cm³/mol. The van der Waals surface area contributed by atoms with Gasteiger partial charge in [-0.05, 0) is 5.21 Å². The van der Waals surface area contributed by atoms with E-state index in [1.807, 2.05) is 0 Å². The number of H-pyrrole nitrogens is 1. The van der Waals surface area contributed by atoms with Crippen LogP contribution >= 0.6 is 12.6 Å². The second kappa shape index (κ2) is 3.90. The number of carboxylic acid groups (broad SMARTS) is 1. The van der Waals surface area contributed by atoms with Crippen molar-refractivity contribution in [2.45, 2.75) is 6.04 Å². The quantitative estimate of drug-likeness (QED) is 0.453. The highest BCUT2D eigenvalue weighted by molar-refractivity contribution is 7.80. The van der Waals surface area contributed by atoms with Crippen molar-refractivity contribution in [2.75, 3.05) is 11.1 Å². The lowest BCUT2D eigenvalue weighted by atomic mass is 10.3. The molecule has 1 heterocycles. The highest BCUT2D eigenvalue weighted by Crippen LogP contribution is 1.97. The van der Waals surface area contributed by atoms with Gasteiger partial charge in [-0.2, -0.15) is 17.8 Å². The number of tetrazole rings is 1. The normalized spacial score (nSPS) is 12.4. The van der Waals surface area contributed by atoms with Crippen molar-refractivity contribution in [1.82, 2.24) is 20.6 Å². The molecule has 0 saturated carbocycles. The van der Waals surface area contributed by atoms with Crippen molar-refractivity contribution in [3.63, 3.8) is 0 Å². The Hall–Kier alpha value is -1.31. The Labute approximate surface area is 73.0 Å². The zero-order chi connectivity index (χ0) is 8.97. The van der Waals surface area contributed by atoms with Gasteiger partial charge in [0.25, 0.3) is 5.95 Å². The van der Waals surface area contributed by atoms with Crippen LogP contribution in [0.1, 0.15) is 0 Å². The van der Waals surface area contributed by atoms with Crippen molar-refractivity contribution in [3.05, 3.63) is 0 Å². The fourth-order valence-corrected chi connectivity index (χ4v) is 0.812. The summed E-state index contributed by atoms with van der Waals surface area (Å²) >= 11 is 3.84. The van der Waals surface area contributed by atoms with Crippen LogP contribution in [0.5, 0.6) is 0 Å². The molecular weight excluding hydrogens is 182 g/mol. The number of rotatable bonds is 4. The number of hydrogen-bond donors (Lipinski definition) is 4. The van der Waals surface area contributed by atoms with Gasteiger partial charge in [-0.25, -0.2) is 4.79 Å². The fourth-order valence-electron chi connectivity index (χ4n) is 0.564. The maximum atomic E-state index is 10.5. The molecule has 0 aliphatic heterocycles. The van der Waals surface area contributed by atoms with E-state index in [2.05, 4.69) is 38.6 Å². The van der Waals surface area contributed by atoms with E-state index in [4.69, 9.17) is 5.11 Å². The average Bonchev–Trinajstić information content (AvgIpc) is 2.51. The first-order valence-corrected chi connectivity index (χ1v) is 3.71. The summed E-state index contributed by atoms with van der Waals surface area (Å²) in [7, 11) is 0. The molecule has 1 aromatic rings. The summed E-state index contributed by atoms with van der Waals surface area (Å²) in [4.78, 5) is 10.5. The summed E-state index contributed by atoms with van der Waals surface area (Å²) in [5, 5.41) is 23.6. The highest BCUT2D eigenvalue weighted by Gasteiger charge is 2.16. The molecule has 1 atom stereocenters. The van der Waals surface area contributed by atoms with Crippen LogP contribution in [0.2, 0.25) is 0 Å². The van der Waals surface area contributed by atoms with Crippen LogP contribution in [0, 0.1) is 0 Å². The van der Waals surface area contributed by atoms with Crippen molar-refractivity contribution in [1.29, 1.82) is 0 Å². The number of carboxylic acids is 1. The number of aromatic amines is 1. The Kier molecular flexibility index (Phi) is 2.86. The summed E-state index contributed by atoms with van der Waals surface area (Å²) in [6.07, 6.45) is 0. The summed E-state index contributed by atoms with van der Waals surface area (Å²) in [5.74, 6) is -0.699. The first-order chi connectivity index (χ1) is 5.74. The summed E-state index contributed by atoms with van der Waals surface area (Å²) < 4.78 is 0. The van der Waals surface area contributed by atoms with Crippen LogP contribution in [0.25, 0.3) is 0 Å². The van der Waals surface area contributed by atoms with Gasteiger partial charge in [-0.15, -0.1) is 5.10 Å². The lowest BCUT2D eigenvalue weighted by molar-refractivity contribution is -0.137. The van der Waals surface area contributed by atoms with E-state index < -0.39 is 12.0 Å². The number of carbonyl (C=O) groups is 1. The third kappa shape index (κ3) is 2.09. The molecule has 66 valence electrons. The summed E-state index contributed by atoms with van der Waals surface area (Å²) in [6.45, 7) is 0. The molecule has 8 heteroatoms. The standard InChI is InChI=1S/C4H7N5O2S/c10-3(11)2(1-12)5-4-6-8-9-7-4/h2,12H,1H2,(H,10,11)(H2,5,6,7,8,9)/t2-/m0/s1. The zero-order valence-corrected chi connectivity index (χ0v) is 6.82. The Morgan fingerprint density at radius 2 is 2.58 bits per heavy atom. The van der Waals surface area contributed by atoms with Gasteiger partial charge >= 0.3 is 5.97 Å². The van der Waals surface area contributed by atoms with E-state index in [1.165, 1.54) is 0 Å². The Morgan fingerprint density at radius 1 is 1.83 bits per heavy atom. The Morgan fingerprint density at radius 3 is 3.00 bits per heavy atom. The Balaban J connectivity index is 2.54. The Bertz CT molecular complexity index is 250. The largest absolute Gasteiger partial charge is 0.480 e. The second-order valence-corrected chi connectivity index (χ2v) is 2.32. The van der Waals surface area contributed by atoms with Gasteiger partial charge in [0.1, 0.15) is 6.04 Å². The number of aromatic nitrogens is 4. The number of anilines is 1. The maximum absolute atomic E-state index is 10.5. The minimum Gasteiger partial charge on any atom is -0.480 e. The van der Waals surface area contributed by atoms with Crippen molar-refractivity contribution in [2.24, 2.45) is 0 Å². The van der Waals surface area contributed by atoms with Gasteiger partial charge in [-0.3, -0.25) is 0 Å². The monoisotopic (exact) mass is 189 g/mol. The van der Waals surface area contributed by atoms with Gasteiger partial charge in [-0.1, -0.05) is 5.10 Å². The van der Waals surface area contributed by atoms with Gasteiger partial charge in [0.15, 0.2) is 0 Å². The molecule has 7 nitrogen and oxygen atoms in total. The average molecular weight is 189 g/mol. The predicted octanol–water partition coefficient (Wildman–Crippen LogP) is -1.01. The molecular formula is C4H7N5O2S. The minimum atomic E-state index is -1.00. The molecule has 3 N–H and O–H groups in total. The topological polar surface area (TPSA) is 104 Å². The zero-order valence-electron chi connectivity index (χ0n) is 5.93. The second-order valence-electron chi connectivity index (χ2n) is 1.95. The number of thiol groups is 1. The van der Waals surface area contributed by atoms with E-state index in [0.717, 1.165) is 0 Å². The van der Waals surface area contributed by atoms with Crippen molar-refractivity contribution >= 4 is 24.5 Å². The molecule has 0 spiro atoms. The van der Waals surface area contributed by atoms with E-state index in [-0.39, 0.29) is 11.7 Å². The molecule has 1 rings (SSSR count). The fraction of sp³-hybridized carbons (Fsp3) is 0.500. The van der Waals surface area contributed by atoms with Gasteiger partial charge < -0.3 is 10.4 Å². The number of aliphatic carboxylic acids is 1. The molecule has 0 aromatic carbocycles. The van der Waals surface area contributed by atoms with E-state index in [1.54, 1.807) is 0 Å². The van der Waals surface area contributed by atoms with Crippen LogP contribution in [-0.4, -0.2) is 43.5 Å². The van der Waals surface area contributed by atoms with Gasteiger partial charge in [0.05, 0.1) is 0 Å². The van der Waals surface area contributed by atoms with Crippen LogP contribution in [0.3, 0.4) is 0 Å². The molecule has 0 saturated heterocycles. The molecule has 0 aliphatic carbocycles. The number of nitrogens with one attached hydrogen (secondary N) is 2. The maximum Gasteiger partial charge on any atom is 0.327 e. The summed E-state index contributed by atoms with van der Waals surface area (Å²) in [6, 6.07) is -0.800. The van der Waals surface area contributed by atoms with E-state index >= 15 is 0 Å². The summed E-state index contributed by atoms with van der Waals surface area (Å²) in [5.41, 5.74) is 0. The van der Waals surface area contributed by atoms with Crippen LogP contribution in [0.4, 0.5) is 5.95 Å².